The van der Waals surface area contributed by atoms with Crippen LogP contribution < -0.4 is 0 Å². The predicted molar refractivity (Wildman–Crippen MR) is 63.1 cm³/mol. The molecule has 16 heavy (non-hydrogen) atoms. The van der Waals surface area contributed by atoms with Crippen molar-refractivity contribution < 1.29 is 10.2 Å². The van der Waals surface area contributed by atoms with Gasteiger partial charge in [0.2, 0.25) is 0 Å². The zero-order chi connectivity index (χ0) is 11.1. The van der Waals surface area contributed by atoms with Crippen molar-refractivity contribution in [1.29, 1.82) is 0 Å². The highest BCUT2D eigenvalue weighted by molar-refractivity contribution is 5.56. The van der Waals surface area contributed by atoms with Gasteiger partial charge in [0.25, 0.3) is 0 Å². The molecule has 2 N–H and O–H groups in total. The minimum absolute atomic E-state index is 0.0902. The summed E-state index contributed by atoms with van der Waals surface area (Å²) in [5.41, 5.74) is 2.82. The zero-order valence-electron chi connectivity index (χ0n) is 9.24. The molecule has 0 amide bonds. The Morgan fingerprint density at radius 1 is 1.19 bits per heavy atom. The molecule has 2 heteroatoms. The Bertz CT molecular complexity index is 449. The average Bonchev–Trinajstić information content (AvgIpc) is 2.36. The summed E-state index contributed by atoms with van der Waals surface area (Å²) >= 11 is 0. The van der Waals surface area contributed by atoms with Gasteiger partial charge in [-0.1, -0.05) is 24.6 Å². The summed E-state index contributed by atoms with van der Waals surface area (Å²) in [7, 11) is 0. The van der Waals surface area contributed by atoms with E-state index in [1.807, 2.05) is 18.2 Å². The quantitative estimate of drug-likeness (QED) is 0.648. The van der Waals surface area contributed by atoms with Crippen LogP contribution in [-0.2, 0) is 0 Å². The minimum Gasteiger partial charge on any atom is -0.511 e. The van der Waals surface area contributed by atoms with Crippen molar-refractivity contribution in [3.63, 3.8) is 0 Å². The van der Waals surface area contributed by atoms with E-state index >= 15 is 0 Å². The van der Waals surface area contributed by atoms with E-state index in [0.717, 1.165) is 48.8 Å². The van der Waals surface area contributed by atoms with Crippen LogP contribution in [0.15, 0.2) is 46.5 Å². The average molecular weight is 216 g/mol. The first-order chi connectivity index (χ1) is 7.79. The molecule has 1 atom stereocenters. The third-order valence-corrected chi connectivity index (χ3v) is 3.85. The van der Waals surface area contributed by atoms with E-state index in [4.69, 9.17) is 0 Å². The number of aliphatic hydroxyl groups excluding tert-OH is 2. The van der Waals surface area contributed by atoms with Gasteiger partial charge in [0.05, 0.1) is 0 Å². The summed E-state index contributed by atoms with van der Waals surface area (Å²) in [5.74, 6) is 1.03. The molecule has 0 bridgehead atoms. The lowest BCUT2D eigenvalue weighted by molar-refractivity contribution is 0.289. The maximum absolute atomic E-state index is 10.3. The molecule has 0 radical (unpaired) electrons. The molecule has 0 aliphatic heterocycles. The Hall–Kier alpha value is -1.44. The zero-order valence-corrected chi connectivity index (χ0v) is 9.24. The van der Waals surface area contributed by atoms with Gasteiger partial charge >= 0.3 is 0 Å². The Morgan fingerprint density at radius 3 is 2.94 bits per heavy atom. The van der Waals surface area contributed by atoms with Gasteiger partial charge in [-0.15, -0.1) is 0 Å². The molecule has 1 fully saturated rings. The lowest BCUT2D eigenvalue weighted by Crippen LogP contribution is -2.22. The van der Waals surface area contributed by atoms with Crippen molar-refractivity contribution >= 4 is 0 Å². The molecule has 0 saturated heterocycles. The van der Waals surface area contributed by atoms with Crippen LogP contribution in [0.5, 0.6) is 0 Å². The van der Waals surface area contributed by atoms with Gasteiger partial charge in [-0.3, -0.25) is 0 Å². The van der Waals surface area contributed by atoms with E-state index in [2.05, 4.69) is 0 Å². The summed E-state index contributed by atoms with van der Waals surface area (Å²) in [5, 5.41) is 20.5. The summed E-state index contributed by atoms with van der Waals surface area (Å²) < 4.78 is 0. The topological polar surface area (TPSA) is 40.5 Å². The smallest absolute Gasteiger partial charge is 0.123 e. The molecule has 2 nitrogen and oxygen atoms in total. The second kappa shape index (κ2) is 3.55. The molecule has 3 aliphatic carbocycles. The van der Waals surface area contributed by atoms with Crippen molar-refractivity contribution in [2.75, 3.05) is 0 Å². The third kappa shape index (κ3) is 1.26. The van der Waals surface area contributed by atoms with E-state index in [1.165, 1.54) is 0 Å². The molecule has 3 aliphatic rings. The fraction of sp³-hybridized carbons (Fsp3) is 0.429. The highest BCUT2D eigenvalue weighted by Gasteiger charge is 2.34. The van der Waals surface area contributed by atoms with Gasteiger partial charge in [-0.2, -0.15) is 0 Å². The second-order valence-corrected chi connectivity index (χ2v) is 4.75. The molecule has 0 spiro atoms. The van der Waals surface area contributed by atoms with Crippen LogP contribution in [0.1, 0.15) is 32.1 Å². The highest BCUT2D eigenvalue weighted by atomic mass is 16.3. The first kappa shape index (κ1) is 9.76. The van der Waals surface area contributed by atoms with Crippen LogP contribution in [0.3, 0.4) is 0 Å². The monoisotopic (exact) mass is 216 g/mol. The Morgan fingerprint density at radius 2 is 2.06 bits per heavy atom. The molecule has 0 aromatic heterocycles. The fourth-order valence-corrected chi connectivity index (χ4v) is 3.01. The SMILES string of the molecule is OC1=C2CCCCC2C(O)=C2CC=CC=C12. The van der Waals surface area contributed by atoms with Gasteiger partial charge in [0.15, 0.2) is 0 Å². The first-order valence-electron chi connectivity index (χ1n) is 6.00. The Balaban J connectivity index is 2.13. The molecule has 0 aromatic carbocycles. The highest BCUT2D eigenvalue weighted by Crippen LogP contribution is 2.45. The van der Waals surface area contributed by atoms with Crippen LogP contribution in [0.4, 0.5) is 0 Å². The number of aliphatic hydroxyl groups is 2. The van der Waals surface area contributed by atoms with Gasteiger partial charge < -0.3 is 10.2 Å². The Kier molecular flexibility index (Phi) is 2.16. The molecule has 1 unspecified atom stereocenters. The molecule has 0 heterocycles. The molecule has 3 rings (SSSR count). The first-order valence-corrected chi connectivity index (χ1v) is 6.00. The second-order valence-electron chi connectivity index (χ2n) is 4.75. The van der Waals surface area contributed by atoms with Crippen molar-refractivity contribution in [3.8, 4) is 0 Å². The summed E-state index contributed by atoms with van der Waals surface area (Å²) in [6, 6.07) is 0. The molecule has 0 aromatic rings. The minimum atomic E-state index is 0.0902. The van der Waals surface area contributed by atoms with Gasteiger partial charge in [-0.25, -0.2) is 0 Å². The van der Waals surface area contributed by atoms with Crippen LogP contribution in [0, 0.1) is 5.92 Å². The molecular formula is C14H16O2. The van der Waals surface area contributed by atoms with Gasteiger partial charge in [0, 0.05) is 17.1 Å². The third-order valence-electron chi connectivity index (χ3n) is 3.85. The van der Waals surface area contributed by atoms with Crippen LogP contribution in [0.25, 0.3) is 0 Å². The van der Waals surface area contributed by atoms with E-state index in [0.29, 0.717) is 11.5 Å². The predicted octanol–water partition coefficient (Wildman–Crippen LogP) is 3.70. The fourth-order valence-electron chi connectivity index (χ4n) is 3.01. The van der Waals surface area contributed by atoms with Gasteiger partial charge in [-0.05, 0) is 31.3 Å². The molecule has 84 valence electrons. The largest absolute Gasteiger partial charge is 0.511 e. The van der Waals surface area contributed by atoms with Crippen LogP contribution >= 0.6 is 0 Å². The lowest BCUT2D eigenvalue weighted by atomic mass is 9.74. The standard InChI is InChI=1S/C14H16O2/c15-13-9-5-1-2-6-10(9)14(16)12-8-4-3-7-11(12)13/h1-2,5,12,15-16H,3-4,6-8H2. The van der Waals surface area contributed by atoms with Gasteiger partial charge in [0.1, 0.15) is 11.5 Å². The van der Waals surface area contributed by atoms with Crippen molar-refractivity contribution in [3.05, 3.63) is 46.5 Å². The van der Waals surface area contributed by atoms with E-state index in [1.54, 1.807) is 0 Å². The number of fused-ring (bicyclic) bond motifs is 2. The summed E-state index contributed by atoms with van der Waals surface area (Å²) in [6.45, 7) is 0. The number of hydrogen-bond donors (Lipinski definition) is 2. The number of rotatable bonds is 0. The van der Waals surface area contributed by atoms with Crippen molar-refractivity contribution in [1.82, 2.24) is 0 Å². The van der Waals surface area contributed by atoms with Crippen LogP contribution in [0.2, 0.25) is 0 Å². The summed E-state index contributed by atoms with van der Waals surface area (Å²) in [4.78, 5) is 0. The normalized spacial score (nSPS) is 28.8. The van der Waals surface area contributed by atoms with Crippen LogP contribution in [-0.4, -0.2) is 10.2 Å². The van der Waals surface area contributed by atoms with E-state index in [9.17, 15) is 10.2 Å². The Labute approximate surface area is 95.3 Å². The maximum Gasteiger partial charge on any atom is 0.123 e. The molecule has 1 saturated carbocycles. The van der Waals surface area contributed by atoms with Crippen molar-refractivity contribution in [2.45, 2.75) is 32.1 Å². The lowest BCUT2D eigenvalue weighted by Gasteiger charge is -2.33. The maximum atomic E-state index is 10.3. The van der Waals surface area contributed by atoms with E-state index < -0.39 is 0 Å². The number of hydrogen-bond acceptors (Lipinski definition) is 2. The summed E-state index contributed by atoms with van der Waals surface area (Å²) in [6.07, 6.45) is 10.8. The number of allylic oxidation sites excluding steroid dienone is 5. The van der Waals surface area contributed by atoms with Crippen molar-refractivity contribution in [2.24, 2.45) is 5.92 Å². The van der Waals surface area contributed by atoms with E-state index in [-0.39, 0.29) is 5.92 Å². The molecular weight excluding hydrogens is 200 g/mol.